The SMILES string of the molecule is Cc1ccc(CC(Br)c2ccc3c(c2)CC(=O)N3)cc1C. The highest BCUT2D eigenvalue weighted by Crippen LogP contribution is 2.32. The second-order valence-electron chi connectivity index (χ2n) is 5.73. The fraction of sp³-hybridized carbons (Fsp3) is 0.278. The molecule has 0 spiro atoms. The van der Waals surface area contributed by atoms with Crippen LogP contribution in [0.2, 0.25) is 0 Å². The summed E-state index contributed by atoms with van der Waals surface area (Å²) in [4.78, 5) is 11.7. The lowest BCUT2D eigenvalue weighted by molar-refractivity contribution is -0.115. The summed E-state index contributed by atoms with van der Waals surface area (Å²) in [5.74, 6) is 0.0856. The Kier molecular flexibility index (Phi) is 3.85. The Morgan fingerprint density at radius 2 is 1.95 bits per heavy atom. The smallest absolute Gasteiger partial charge is 0.228 e. The highest BCUT2D eigenvalue weighted by molar-refractivity contribution is 9.09. The van der Waals surface area contributed by atoms with Gasteiger partial charge in [-0.3, -0.25) is 4.79 Å². The number of hydrogen-bond acceptors (Lipinski definition) is 1. The zero-order valence-corrected chi connectivity index (χ0v) is 13.8. The number of rotatable bonds is 3. The molecule has 2 nitrogen and oxygen atoms in total. The number of benzene rings is 2. The van der Waals surface area contributed by atoms with Gasteiger partial charge in [-0.25, -0.2) is 0 Å². The molecule has 1 heterocycles. The van der Waals surface area contributed by atoms with E-state index in [9.17, 15) is 4.79 Å². The van der Waals surface area contributed by atoms with Crippen molar-refractivity contribution < 1.29 is 4.79 Å². The van der Waals surface area contributed by atoms with E-state index in [0.717, 1.165) is 17.7 Å². The molecule has 1 unspecified atom stereocenters. The van der Waals surface area contributed by atoms with Crippen molar-refractivity contribution in [2.24, 2.45) is 0 Å². The molecule has 0 aliphatic carbocycles. The Bertz CT molecular complexity index is 708. The molecule has 1 atom stereocenters. The number of fused-ring (bicyclic) bond motifs is 1. The van der Waals surface area contributed by atoms with Gasteiger partial charge in [0.05, 0.1) is 6.42 Å². The van der Waals surface area contributed by atoms with Gasteiger partial charge >= 0.3 is 0 Å². The molecule has 0 aromatic heterocycles. The highest BCUT2D eigenvalue weighted by atomic mass is 79.9. The van der Waals surface area contributed by atoms with Crippen molar-refractivity contribution in [3.05, 3.63) is 64.2 Å². The summed E-state index contributed by atoms with van der Waals surface area (Å²) in [6.45, 7) is 4.28. The first-order chi connectivity index (χ1) is 10.0. The minimum absolute atomic E-state index is 0.0856. The summed E-state index contributed by atoms with van der Waals surface area (Å²) in [6.07, 6.45) is 1.44. The number of carbonyl (C=O) groups excluding carboxylic acids is 1. The lowest BCUT2D eigenvalue weighted by Gasteiger charge is -2.13. The van der Waals surface area contributed by atoms with E-state index in [1.807, 2.05) is 6.07 Å². The van der Waals surface area contributed by atoms with Gasteiger partial charge in [0, 0.05) is 10.5 Å². The average molecular weight is 344 g/mol. The summed E-state index contributed by atoms with van der Waals surface area (Å²) in [6, 6.07) is 12.8. The van der Waals surface area contributed by atoms with Crippen LogP contribution in [-0.2, 0) is 17.6 Å². The van der Waals surface area contributed by atoms with Crippen LogP contribution in [0.4, 0.5) is 5.69 Å². The second kappa shape index (κ2) is 5.64. The standard InChI is InChI=1S/C18H18BrNO/c1-11-3-4-13(7-12(11)2)8-16(19)14-5-6-17-15(9-14)10-18(21)20-17/h3-7,9,16H,8,10H2,1-2H3,(H,20,21). The monoisotopic (exact) mass is 343 g/mol. The predicted molar refractivity (Wildman–Crippen MR) is 90.1 cm³/mol. The van der Waals surface area contributed by atoms with E-state index >= 15 is 0 Å². The average Bonchev–Trinajstić information content (AvgIpc) is 2.82. The third-order valence-corrected chi connectivity index (χ3v) is 4.95. The summed E-state index contributed by atoms with van der Waals surface area (Å²) in [7, 11) is 0. The van der Waals surface area contributed by atoms with E-state index in [-0.39, 0.29) is 10.7 Å². The van der Waals surface area contributed by atoms with Crippen molar-refractivity contribution in [1.82, 2.24) is 0 Å². The van der Waals surface area contributed by atoms with Crippen LogP contribution in [-0.4, -0.2) is 5.91 Å². The van der Waals surface area contributed by atoms with Gasteiger partial charge in [0.2, 0.25) is 5.91 Å². The van der Waals surface area contributed by atoms with Crippen molar-refractivity contribution in [2.45, 2.75) is 31.5 Å². The van der Waals surface area contributed by atoms with Gasteiger partial charge in [-0.15, -0.1) is 0 Å². The number of anilines is 1. The first-order valence-electron chi connectivity index (χ1n) is 7.16. The number of aryl methyl sites for hydroxylation is 2. The zero-order valence-electron chi connectivity index (χ0n) is 12.2. The lowest BCUT2D eigenvalue weighted by Crippen LogP contribution is -2.03. The molecule has 0 saturated carbocycles. The van der Waals surface area contributed by atoms with Gasteiger partial charge in [-0.05, 0) is 54.2 Å². The second-order valence-corrected chi connectivity index (χ2v) is 6.84. The van der Waals surface area contributed by atoms with Crippen LogP contribution in [0.5, 0.6) is 0 Å². The molecular weight excluding hydrogens is 326 g/mol. The number of halogens is 1. The van der Waals surface area contributed by atoms with Crippen molar-refractivity contribution in [2.75, 3.05) is 5.32 Å². The normalized spacial score (nSPS) is 14.7. The Balaban J connectivity index is 1.79. The van der Waals surface area contributed by atoms with Crippen molar-refractivity contribution in [1.29, 1.82) is 0 Å². The number of hydrogen-bond donors (Lipinski definition) is 1. The number of alkyl halides is 1. The van der Waals surface area contributed by atoms with E-state index in [1.54, 1.807) is 0 Å². The van der Waals surface area contributed by atoms with Gasteiger partial charge in [0.1, 0.15) is 0 Å². The lowest BCUT2D eigenvalue weighted by atomic mass is 9.99. The fourth-order valence-corrected chi connectivity index (χ4v) is 3.36. The maximum atomic E-state index is 11.4. The van der Waals surface area contributed by atoms with Gasteiger partial charge < -0.3 is 5.32 Å². The topological polar surface area (TPSA) is 29.1 Å². The van der Waals surface area contributed by atoms with E-state index in [1.165, 1.54) is 22.3 Å². The first-order valence-corrected chi connectivity index (χ1v) is 8.07. The molecule has 0 radical (unpaired) electrons. The Hall–Kier alpha value is -1.61. The summed E-state index contributed by atoms with van der Waals surface area (Å²) in [5, 5.41) is 2.87. The largest absolute Gasteiger partial charge is 0.326 e. The van der Waals surface area contributed by atoms with Crippen LogP contribution in [0.25, 0.3) is 0 Å². The maximum absolute atomic E-state index is 11.4. The van der Waals surface area contributed by atoms with E-state index in [0.29, 0.717) is 6.42 Å². The molecule has 108 valence electrons. The summed E-state index contributed by atoms with van der Waals surface area (Å²) in [5.41, 5.74) is 7.26. The molecular formula is C18H18BrNO. The highest BCUT2D eigenvalue weighted by Gasteiger charge is 2.19. The van der Waals surface area contributed by atoms with Crippen LogP contribution in [0.1, 0.15) is 32.6 Å². The third-order valence-electron chi connectivity index (χ3n) is 4.10. The van der Waals surface area contributed by atoms with Gasteiger partial charge in [0.15, 0.2) is 0 Å². The van der Waals surface area contributed by atoms with Crippen LogP contribution in [0.3, 0.4) is 0 Å². The van der Waals surface area contributed by atoms with Crippen LogP contribution in [0.15, 0.2) is 36.4 Å². The van der Waals surface area contributed by atoms with Crippen molar-refractivity contribution in [3.63, 3.8) is 0 Å². The van der Waals surface area contributed by atoms with E-state index in [2.05, 4.69) is 65.4 Å². The molecule has 1 amide bonds. The third kappa shape index (κ3) is 3.03. The molecule has 0 fully saturated rings. The minimum Gasteiger partial charge on any atom is -0.326 e. The van der Waals surface area contributed by atoms with Crippen molar-refractivity contribution >= 4 is 27.5 Å². The molecule has 1 N–H and O–H groups in total. The number of nitrogens with one attached hydrogen (secondary N) is 1. The molecule has 3 rings (SSSR count). The summed E-state index contributed by atoms with van der Waals surface area (Å²) < 4.78 is 0. The number of amides is 1. The number of carbonyl (C=O) groups is 1. The summed E-state index contributed by atoms with van der Waals surface area (Å²) >= 11 is 3.78. The zero-order chi connectivity index (χ0) is 15.0. The van der Waals surface area contributed by atoms with Gasteiger partial charge in [-0.2, -0.15) is 0 Å². The van der Waals surface area contributed by atoms with Crippen LogP contribution >= 0.6 is 15.9 Å². The molecule has 1 aliphatic rings. The van der Waals surface area contributed by atoms with Gasteiger partial charge in [0.25, 0.3) is 0 Å². The fourth-order valence-electron chi connectivity index (χ4n) is 2.70. The minimum atomic E-state index is 0.0856. The predicted octanol–water partition coefficient (Wildman–Crippen LogP) is 4.48. The first kappa shape index (κ1) is 14.3. The molecule has 0 bridgehead atoms. The molecule has 2 aromatic rings. The molecule has 21 heavy (non-hydrogen) atoms. The maximum Gasteiger partial charge on any atom is 0.228 e. The Morgan fingerprint density at radius 1 is 1.14 bits per heavy atom. The quantitative estimate of drug-likeness (QED) is 0.818. The molecule has 3 heteroatoms. The Morgan fingerprint density at radius 3 is 2.71 bits per heavy atom. The van der Waals surface area contributed by atoms with E-state index < -0.39 is 0 Å². The van der Waals surface area contributed by atoms with Gasteiger partial charge in [-0.1, -0.05) is 46.3 Å². The molecule has 2 aromatic carbocycles. The van der Waals surface area contributed by atoms with E-state index in [4.69, 9.17) is 0 Å². The van der Waals surface area contributed by atoms with Crippen LogP contribution < -0.4 is 5.32 Å². The van der Waals surface area contributed by atoms with Crippen LogP contribution in [0, 0.1) is 13.8 Å². The Labute approximate surface area is 133 Å². The molecule has 1 aliphatic heterocycles. The van der Waals surface area contributed by atoms with Crippen molar-refractivity contribution in [3.8, 4) is 0 Å². The molecule has 0 saturated heterocycles.